The van der Waals surface area contributed by atoms with Crippen LogP contribution in [-0.4, -0.2) is 48.5 Å². The zero-order valence-electron chi connectivity index (χ0n) is 18.9. The first-order chi connectivity index (χ1) is 16.6. The van der Waals surface area contributed by atoms with E-state index in [0.717, 1.165) is 64.7 Å². The lowest BCUT2D eigenvalue weighted by Gasteiger charge is -2.23. The summed E-state index contributed by atoms with van der Waals surface area (Å²) in [6.45, 7) is 2.15. The first kappa shape index (κ1) is 21.3. The van der Waals surface area contributed by atoms with Crippen LogP contribution >= 0.6 is 11.3 Å². The van der Waals surface area contributed by atoms with Gasteiger partial charge in [-0.15, -0.1) is 11.3 Å². The summed E-state index contributed by atoms with van der Waals surface area (Å²) in [6.07, 6.45) is 3.75. The van der Waals surface area contributed by atoms with Crippen LogP contribution in [0.15, 0.2) is 48.5 Å². The molecule has 4 heterocycles. The van der Waals surface area contributed by atoms with Gasteiger partial charge in [0, 0.05) is 42.2 Å². The number of pyridine rings is 1. The van der Waals surface area contributed by atoms with Crippen molar-refractivity contribution in [2.75, 3.05) is 29.4 Å². The number of nitrogens with zero attached hydrogens (tertiary/aromatic N) is 3. The molecule has 0 radical (unpaired) electrons. The van der Waals surface area contributed by atoms with Crippen molar-refractivity contribution in [2.24, 2.45) is 5.73 Å². The third kappa shape index (κ3) is 3.97. The number of rotatable bonds is 4. The Morgan fingerprint density at radius 1 is 1.06 bits per heavy atom. The van der Waals surface area contributed by atoms with Gasteiger partial charge in [-0.2, -0.15) is 0 Å². The summed E-state index contributed by atoms with van der Waals surface area (Å²) in [7, 11) is 0. The summed E-state index contributed by atoms with van der Waals surface area (Å²) in [5.41, 5.74) is 9.46. The van der Waals surface area contributed by atoms with Crippen molar-refractivity contribution in [1.29, 1.82) is 0 Å². The number of thiophene rings is 1. The highest BCUT2D eigenvalue weighted by molar-refractivity contribution is 7.17. The number of benzene rings is 1. The van der Waals surface area contributed by atoms with Crippen LogP contribution < -0.4 is 20.9 Å². The highest BCUT2D eigenvalue weighted by atomic mass is 32.1. The Morgan fingerprint density at radius 3 is 2.71 bits per heavy atom. The van der Waals surface area contributed by atoms with Crippen molar-refractivity contribution < 1.29 is 9.59 Å². The van der Waals surface area contributed by atoms with E-state index in [-0.39, 0.29) is 17.9 Å². The Labute approximate surface area is 202 Å². The fourth-order valence-electron chi connectivity index (χ4n) is 4.76. The fourth-order valence-corrected chi connectivity index (χ4v) is 5.90. The highest BCUT2D eigenvalue weighted by Crippen LogP contribution is 2.42. The van der Waals surface area contributed by atoms with E-state index in [1.165, 1.54) is 11.3 Å². The van der Waals surface area contributed by atoms with Crippen LogP contribution in [0.4, 0.5) is 11.5 Å². The predicted octanol–water partition coefficient (Wildman–Crippen LogP) is 3.44. The van der Waals surface area contributed by atoms with Gasteiger partial charge in [-0.25, -0.2) is 4.98 Å². The molecule has 1 saturated carbocycles. The quantitative estimate of drug-likeness (QED) is 0.606. The number of fused-ring (bicyclic) bond motifs is 3. The van der Waals surface area contributed by atoms with Gasteiger partial charge in [-0.3, -0.25) is 9.59 Å². The lowest BCUT2D eigenvalue weighted by molar-refractivity contribution is 0.0952. The minimum Gasteiger partial charge on any atom is -0.355 e. The van der Waals surface area contributed by atoms with E-state index in [9.17, 15) is 9.59 Å². The zero-order chi connectivity index (χ0) is 23.2. The van der Waals surface area contributed by atoms with Gasteiger partial charge < -0.3 is 20.9 Å². The van der Waals surface area contributed by atoms with Gasteiger partial charge in [0.15, 0.2) is 0 Å². The lowest BCUT2D eigenvalue weighted by Crippen LogP contribution is -2.33. The molecule has 1 aromatic carbocycles. The summed E-state index contributed by atoms with van der Waals surface area (Å²) in [4.78, 5) is 36.8. The fraction of sp³-hybridized carbons (Fsp3) is 0.346. The molecule has 3 N–H and O–H groups in total. The standard InChI is InChI=1S/C26H27N5O2S/c27-17-11-12-30(15-17)23-7-3-5-20(29-23)26(33)31-13-10-16-14-22(25(32)28-18-8-9-18)34-24(16)19-4-1-2-6-21(19)31/h1-7,14,17-18H,8-13,15,27H2,(H,28,32). The molecule has 34 heavy (non-hydrogen) atoms. The number of hydrogen-bond acceptors (Lipinski definition) is 6. The van der Waals surface area contributed by atoms with Gasteiger partial charge in [0.2, 0.25) is 0 Å². The van der Waals surface area contributed by atoms with E-state index in [1.54, 1.807) is 6.07 Å². The molecule has 3 aliphatic rings. The molecular weight excluding hydrogens is 446 g/mol. The Balaban J connectivity index is 1.31. The van der Waals surface area contributed by atoms with Crippen LogP contribution in [-0.2, 0) is 6.42 Å². The Hall–Kier alpha value is -3.23. The molecule has 2 fully saturated rings. The minimum absolute atomic E-state index is 0.00799. The van der Waals surface area contributed by atoms with Crippen LogP contribution in [0.25, 0.3) is 10.4 Å². The zero-order valence-corrected chi connectivity index (χ0v) is 19.7. The van der Waals surface area contributed by atoms with Crippen LogP contribution in [0, 0.1) is 0 Å². The van der Waals surface area contributed by atoms with E-state index in [4.69, 9.17) is 10.7 Å². The number of nitrogens with two attached hydrogens (primary N) is 1. The normalized spacial score (nSPS) is 19.4. The summed E-state index contributed by atoms with van der Waals surface area (Å²) < 4.78 is 0. The molecule has 6 rings (SSSR count). The number of aromatic nitrogens is 1. The molecule has 174 valence electrons. The van der Waals surface area contributed by atoms with Crippen LogP contribution in [0.2, 0.25) is 0 Å². The number of anilines is 2. The number of hydrogen-bond donors (Lipinski definition) is 2. The predicted molar refractivity (Wildman–Crippen MR) is 135 cm³/mol. The molecule has 1 saturated heterocycles. The largest absolute Gasteiger partial charge is 0.355 e. The Kier molecular flexibility index (Phi) is 5.34. The molecule has 8 heteroatoms. The summed E-state index contributed by atoms with van der Waals surface area (Å²) >= 11 is 1.51. The van der Waals surface area contributed by atoms with Crippen LogP contribution in [0.5, 0.6) is 0 Å². The van der Waals surface area contributed by atoms with Crippen molar-refractivity contribution in [3.8, 4) is 10.4 Å². The first-order valence-electron chi connectivity index (χ1n) is 11.9. The van der Waals surface area contributed by atoms with Crippen molar-refractivity contribution in [2.45, 2.75) is 37.8 Å². The maximum Gasteiger partial charge on any atom is 0.276 e. The molecule has 1 atom stereocenters. The van der Waals surface area contributed by atoms with E-state index in [0.29, 0.717) is 24.7 Å². The van der Waals surface area contributed by atoms with E-state index in [2.05, 4.69) is 10.2 Å². The van der Waals surface area contributed by atoms with E-state index < -0.39 is 0 Å². The average molecular weight is 474 g/mol. The molecule has 0 bridgehead atoms. The second kappa shape index (κ2) is 8.52. The maximum atomic E-state index is 13.7. The smallest absolute Gasteiger partial charge is 0.276 e. The molecule has 2 amide bonds. The summed E-state index contributed by atoms with van der Waals surface area (Å²) in [6, 6.07) is 16.0. The van der Waals surface area contributed by atoms with E-state index >= 15 is 0 Å². The van der Waals surface area contributed by atoms with Crippen molar-refractivity contribution in [3.63, 3.8) is 0 Å². The minimum atomic E-state index is -0.111. The van der Waals surface area contributed by atoms with Crippen molar-refractivity contribution >= 4 is 34.7 Å². The van der Waals surface area contributed by atoms with Gasteiger partial charge >= 0.3 is 0 Å². The molecule has 2 aromatic heterocycles. The van der Waals surface area contributed by atoms with Gasteiger partial charge in [0.25, 0.3) is 11.8 Å². The average Bonchev–Trinajstić information content (AvgIpc) is 3.44. The van der Waals surface area contributed by atoms with Gasteiger partial charge in [-0.05, 0) is 55.5 Å². The van der Waals surface area contributed by atoms with Crippen LogP contribution in [0.3, 0.4) is 0 Å². The van der Waals surface area contributed by atoms with Crippen molar-refractivity contribution in [3.05, 3.63) is 64.7 Å². The van der Waals surface area contributed by atoms with Gasteiger partial charge in [0.05, 0.1) is 10.6 Å². The third-order valence-electron chi connectivity index (χ3n) is 6.74. The number of amides is 2. The number of carbonyl (C=O) groups excluding carboxylic acids is 2. The molecule has 2 aliphatic heterocycles. The number of para-hydroxylation sites is 1. The lowest BCUT2D eigenvalue weighted by atomic mass is 10.1. The molecule has 3 aromatic rings. The second-order valence-electron chi connectivity index (χ2n) is 9.31. The SMILES string of the molecule is NC1CCN(c2cccc(C(=O)N3CCc4cc(C(=O)NC5CC5)sc4-c4ccccc43)n2)C1. The van der Waals surface area contributed by atoms with Gasteiger partial charge in [-0.1, -0.05) is 24.3 Å². The van der Waals surface area contributed by atoms with Gasteiger partial charge in [0.1, 0.15) is 11.5 Å². The number of carbonyl (C=O) groups is 2. The maximum absolute atomic E-state index is 13.7. The van der Waals surface area contributed by atoms with Crippen LogP contribution in [0.1, 0.15) is 45.0 Å². The van der Waals surface area contributed by atoms with Crippen molar-refractivity contribution in [1.82, 2.24) is 10.3 Å². The molecule has 1 unspecified atom stereocenters. The summed E-state index contributed by atoms with van der Waals surface area (Å²) in [5, 5.41) is 3.09. The molecular formula is C26H27N5O2S. The van der Waals surface area contributed by atoms with E-state index in [1.807, 2.05) is 47.4 Å². The molecule has 0 spiro atoms. The Morgan fingerprint density at radius 2 is 1.91 bits per heavy atom. The third-order valence-corrected chi connectivity index (χ3v) is 7.95. The topological polar surface area (TPSA) is 91.6 Å². The monoisotopic (exact) mass is 473 g/mol. The second-order valence-corrected chi connectivity index (χ2v) is 10.4. The summed E-state index contributed by atoms with van der Waals surface area (Å²) in [5.74, 6) is 0.695. The molecule has 1 aliphatic carbocycles. The first-order valence-corrected chi connectivity index (χ1v) is 12.7. The molecule has 7 nitrogen and oxygen atoms in total. The number of nitrogens with one attached hydrogen (secondary N) is 1. The Bertz CT molecular complexity index is 1270. The highest BCUT2D eigenvalue weighted by Gasteiger charge is 2.30.